The predicted molar refractivity (Wildman–Crippen MR) is 63.5 cm³/mol. The molecule has 16 heavy (non-hydrogen) atoms. The second kappa shape index (κ2) is 4.55. The van der Waals surface area contributed by atoms with Gasteiger partial charge in [-0.2, -0.15) is 5.10 Å². The van der Waals surface area contributed by atoms with Gasteiger partial charge in [-0.25, -0.2) is 0 Å². The molecule has 1 heterocycles. The first-order valence-electron chi connectivity index (χ1n) is 4.83. The zero-order valence-electron chi connectivity index (χ0n) is 8.83. The molecule has 0 unspecified atom stereocenters. The highest BCUT2D eigenvalue weighted by Crippen LogP contribution is 2.35. The number of hydrogen-bond donors (Lipinski definition) is 2. The van der Waals surface area contributed by atoms with Crippen LogP contribution in [0.25, 0.3) is 11.3 Å². The van der Waals surface area contributed by atoms with E-state index < -0.39 is 0 Å². The van der Waals surface area contributed by atoms with Crippen LogP contribution in [0.4, 0.5) is 0 Å². The van der Waals surface area contributed by atoms with Crippen LogP contribution in [-0.2, 0) is 6.54 Å². The highest BCUT2D eigenvalue weighted by molar-refractivity contribution is 6.33. The van der Waals surface area contributed by atoms with Crippen LogP contribution >= 0.6 is 11.6 Å². The van der Waals surface area contributed by atoms with Crippen molar-refractivity contribution in [3.8, 4) is 17.0 Å². The van der Waals surface area contributed by atoms with E-state index in [2.05, 4.69) is 10.2 Å². The van der Waals surface area contributed by atoms with Gasteiger partial charge in [0.1, 0.15) is 5.75 Å². The summed E-state index contributed by atoms with van der Waals surface area (Å²) in [5.41, 5.74) is 7.89. The van der Waals surface area contributed by atoms with Crippen LogP contribution in [0.2, 0.25) is 5.02 Å². The number of aromatic amines is 1. The van der Waals surface area contributed by atoms with E-state index >= 15 is 0 Å². The zero-order valence-corrected chi connectivity index (χ0v) is 9.58. The third kappa shape index (κ3) is 1.89. The molecule has 1 aromatic carbocycles. The molecule has 2 aromatic rings. The van der Waals surface area contributed by atoms with Crippen molar-refractivity contribution in [2.45, 2.75) is 6.54 Å². The molecule has 1 aromatic heterocycles. The first kappa shape index (κ1) is 11.0. The van der Waals surface area contributed by atoms with Crippen molar-refractivity contribution < 1.29 is 4.74 Å². The van der Waals surface area contributed by atoms with Gasteiger partial charge in [0.15, 0.2) is 0 Å². The van der Waals surface area contributed by atoms with E-state index in [-0.39, 0.29) is 0 Å². The Morgan fingerprint density at radius 1 is 1.50 bits per heavy atom. The number of nitrogens with zero attached hydrogens (tertiary/aromatic N) is 1. The van der Waals surface area contributed by atoms with Crippen LogP contribution in [0.5, 0.6) is 5.75 Å². The number of ether oxygens (including phenoxy) is 1. The van der Waals surface area contributed by atoms with E-state index in [1.165, 1.54) is 0 Å². The Hall–Kier alpha value is -1.52. The quantitative estimate of drug-likeness (QED) is 0.860. The summed E-state index contributed by atoms with van der Waals surface area (Å²) < 4.78 is 5.25. The average Bonchev–Trinajstić information content (AvgIpc) is 2.76. The molecule has 0 saturated heterocycles. The molecule has 0 aliphatic rings. The minimum absolute atomic E-state index is 0.416. The maximum absolute atomic E-state index is 6.13. The number of rotatable bonds is 3. The fourth-order valence-corrected chi connectivity index (χ4v) is 1.78. The molecule has 0 fully saturated rings. The Kier molecular flexibility index (Phi) is 3.12. The van der Waals surface area contributed by atoms with Gasteiger partial charge in [-0.15, -0.1) is 0 Å². The molecule has 0 amide bonds. The number of aromatic nitrogens is 2. The summed E-state index contributed by atoms with van der Waals surface area (Å²) in [5.74, 6) is 0.697. The van der Waals surface area contributed by atoms with E-state index in [1.807, 2.05) is 18.2 Å². The molecule has 0 saturated carbocycles. The van der Waals surface area contributed by atoms with Crippen molar-refractivity contribution in [1.29, 1.82) is 0 Å². The second-order valence-corrected chi connectivity index (χ2v) is 3.71. The van der Waals surface area contributed by atoms with Gasteiger partial charge in [0.05, 0.1) is 23.4 Å². The molecule has 4 nitrogen and oxygen atoms in total. The molecule has 0 atom stereocenters. The summed E-state index contributed by atoms with van der Waals surface area (Å²) in [6, 6.07) is 7.35. The second-order valence-electron chi connectivity index (χ2n) is 3.30. The van der Waals surface area contributed by atoms with E-state index in [1.54, 1.807) is 13.2 Å². The minimum atomic E-state index is 0.416. The van der Waals surface area contributed by atoms with E-state index in [4.69, 9.17) is 22.1 Å². The molecule has 84 valence electrons. The van der Waals surface area contributed by atoms with Crippen LogP contribution in [-0.4, -0.2) is 17.3 Å². The Bertz CT molecular complexity index is 496. The fourth-order valence-electron chi connectivity index (χ4n) is 1.52. The monoisotopic (exact) mass is 237 g/mol. The van der Waals surface area contributed by atoms with Crippen molar-refractivity contribution in [2.24, 2.45) is 5.73 Å². The lowest BCUT2D eigenvalue weighted by atomic mass is 10.1. The number of methoxy groups -OCH3 is 1. The number of hydrogen-bond acceptors (Lipinski definition) is 3. The summed E-state index contributed by atoms with van der Waals surface area (Å²) in [5, 5.41) is 7.61. The Morgan fingerprint density at radius 3 is 2.94 bits per heavy atom. The third-order valence-electron chi connectivity index (χ3n) is 2.30. The van der Waals surface area contributed by atoms with Crippen molar-refractivity contribution in [3.63, 3.8) is 0 Å². The predicted octanol–water partition coefficient (Wildman–Crippen LogP) is 2.20. The number of nitrogens with two attached hydrogens (primary N) is 1. The van der Waals surface area contributed by atoms with Gasteiger partial charge >= 0.3 is 0 Å². The lowest BCUT2D eigenvalue weighted by Crippen LogP contribution is -1.95. The molecule has 0 bridgehead atoms. The van der Waals surface area contributed by atoms with Gasteiger partial charge in [0.2, 0.25) is 0 Å². The molecule has 0 aliphatic carbocycles. The van der Waals surface area contributed by atoms with Gasteiger partial charge < -0.3 is 10.5 Å². The van der Waals surface area contributed by atoms with Crippen molar-refractivity contribution in [3.05, 3.63) is 35.0 Å². The third-order valence-corrected chi connectivity index (χ3v) is 2.62. The van der Waals surface area contributed by atoms with E-state index in [9.17, 15) is 0 Å². The normalized spacial score (nSPS) is 10.4. The minimum Gasteiger partial charge on any atom is -0.496 e. The fraction of sp³-hybridized carbons (Fsp3) is 0.182. The van der Waals surface area contributed by atoms with Crippen molar-refractivity contribution >= 4 is 11.6 Å². The molecule has 3 N–H and O–H groups in total. The van der Waals surface area contributed by atoms with Crippen LogP contribution in [0.15, 0.2) is 24.3 Å². The zero-order chi connectivity index (χ0) is 11.5. The molecular weight excluding hydrogens is 226 g/mol. The van der Waals surface area contributed by atoms with Gasteiger partial charge in [-0.3, -0.25) is 5.10 Å². The molecule has 0 radical (unpaired) electrons. The summed E-state index contributed by atoms with van der Waals surface area (Å²) in [6.07, 6.45) is 0. The highest BCUT2D eigenvalue weighted by atomic mass is 35.5. The van der Waals surface area contributed by atoms with E-state index in [0.717, 1.165) is 17.0 Å². The molecule has 2 rings (SSSR count). The first-order valence-corrected chi connectivity index (χ1v) is 5.21. The van der Waals surface area contributed by atoms with Gasteiger partial charge in [-0.1, -0.05) is 17.7 Å². The summed E-state index contributed by atoms with van der Waals surface area (Å²) in [7, 11) is 1.60. The number of halogens is 1. The molecule has 5 heteroatoms. The summed E-state index contributed by atoms with van der Waals surface area (Å²) in [4.78, 5) is 0. The van der Waals surface area contributed by atoms with Crippen molar-refractivity contribution in [2.75, 3.05) is 7.11 Å². The van der Waals surface area contributed by atoms with Gasteiger partial charge in [0.25, 0.3) is 0 Å². The lowest BCUT2D eigenvalue weighted by molar-refractivity contribution is 0.416. The number of nitrogens with one attached hydrogen (secondary N) is 1. The highest BCUT2D eigenvalue weighted by Gasteiger charge is 2.12. The van der Waals surface area contributed by atoms with Crippen LogP contribution in [0, 0.1) is 0 Å². The van der Waals surface area contributed by atoms with Crippen LogP contribution in [0.1, 0.15) is 5.69 Å². The Balaban J connectivity index is 2.53. The van der Waals surface area contributed by atoms with Gasteiger partial charge in [-0.05, 0) is 18.2 Å². The Labute approximate surface area is 98.4 Å². The number of H-pyrrole nitrogens is 1. The topological polar surface area (TPSA) is 63.9 Å². The SMILES string of the molecule is COc1cccc(Cl)c1-c1cc(CN)[nH]n1. The number of benzene rings is 1. The Morgan fingerprint density at radius 2 is 2.31 bits per heavy atom. The molecule has 0 spiro atoms. The molecular formula is C11H12ClN3O. The maximum Gasteiger partial charge on any atom is 0.129 e. The largest absolute Gasteiger partial charge is 0.496 e. The van der Waals surface area contributed by atoms with Crippen LogP contribution in [0.3, 0.4) is 0 Å². The average molecular weight is 238 g/mol. The van der Waals surface area contributed by atoms with Crippen LogP contribution < -0.4 is 10.5 Å². The van der Waals surface area contributed by atoms with E-state index in [0.29, 0.717) is 17.3 Å². The lowest BCUT2D eigenvalue weighted by Gasteiger charge is -2.07. The summed E-state index contributed by atoms with van der Waals surface area (Å²) in [6.45, 7) is 0.416. The standard InChI is InChI=1S/C11H12ClN3O/c1-16-10-4-2-3-8(12)11(10)9-5-7(6-13)14-15-9/h2-5H,6,13H2,1H3,(H,14,15). The van der Waals surface area contributed by atoms with Crippen molar-refractivity contribution in [1.82, 2.24) is 10.2 Å². The molecule has 0 aliphatic heterocycles. The summed E-state index contributed by atoms with van der Waals surface area (Å²) >= 11 is 6.13. The smallest absolute Gasteiger partial charge is 0.129 e. The van der Waals surface area contributed by atoms with Gasteiger partial charge in [0, 0.05) is 12.2 Å². The maximum atomic E-state index is 6.13. The first-order chi connectivity index (χ1) is 7.76.